The van der Waals surface area contributed by atoms with Gasteiger partial charge >= 0.3 is 5.97 Å². The van der Waals surface area contributed by atoms with E-state index in [-0.39, 0.29) is 34.7 Å². The second-order valence-electron chi connectivity index (χ2n) is 11.5. The van der Waals surface area contributed by atoms with Gasteiger partial charge in [0, 0.05) is 35.9 Å². The van der Waals surface area contributed by atoms with Crippen molar-refractivity contribution in [1.82, 2.24) is 4.90 Å². The Morgan fingerprint density at radius 1 is 1.00 bits per heavy atom. The van der Waals surface area contributed by atoms with E-state index < -0.39 is 11.6 Å². The predicted octanol–water partition coefficient (Wildman–Crippen LogP) is 4.96. The van der Waals surface area contributed by atoms with Crippen LogP contribution in [0.25, 0.3) is 0 Å². The van der Waals surface area contributed by atoms with Crippen molar-refractivity contribution in [2.75, 3.05) is 13.7 Å². The van der Waals surface area contributed by atoms with E-state index in [0.29, 0.717) is 34.4 Å². The molecule has 0 aliphatic carbocycles. The maximum absolute atomic E-state index is 13.4. The van der Waals surface area contributed by atoms with E-state index in [4.69, 9.17) is 10.1 Å². The molecule has 1 unspecified atom stereocenters. The lowest BCUT2D eigenvalue weighted by Gasteiger charge is -2.28. The van der Waals surface area contributed by atoms with Crippen molar-refractivity contribution in [3.63, 3.8) is 0 Å². The summed E-state index contributed by atoms with van der Waals surface area (Å²) in [6.07, 6.45) is 0. The summed E-state index contributed by atoms with van der Waals surface area (Å²) in [4.78, 5) is 26.9. The second-order valence-corrected chi connectivity index (χ2v) is 11.5. The summed E-state index contributed by atoms with van der Waals surface area (Å²) in [5.41, 5.74) is 1.57. The molecule has 0 amide bonds. The quantitative estimate of drug-likeness (QED) is 0.504. The number of nitrogens with one attached hydrogen (secondary N) is 1. The molecule has 0 aromatic heterocycles. The molecule has 3 rings (SSSR count). The number of carbonyl (C=O) groups is 2. The smallest absolute Gasteiger partial charge is 0.340 e. The number of Topliss-reactive ketones (excluding diaryl/α,β-unsaturated/α-hetero) is 1. The number of hydrogen-bond acceptors (Lipinski definition) is 5. The number of fused-ring (bicyclic) bond motifs is 1. The Kier molecular flexibility index (Phi) is 6.63. The Morgan fingerprint density at radius 3 is 2.00 bits per heavy atom. The first-order valence-corrected chi connectivity index (χ1v) is 11.7. The van der Waals surface area contributed by atoms with Crippen molar-refractivity contribution in [3.8, 4) is 5.75 Å². The molecule has 0 bridgehead atoms. The first-order chi connectivity index (χ1) is 16.0. The molecule has 188 valence electrons. The summed E-state index contributed by atoms with van der Waals surface area (Å²) in [5.74, 6) is -0.876. The van der Waals surface area contributed by atoms with Crippen molar-refractivity contribution in [2.45, 2.75) is 71.4 Å². The summed E-state index contributed by atoms with van der Waals surface area (Å²) in [7, 11) is 1.34. The summed E-state index contributed by atoms with van der Waals surface area (Å²) in [5, 5.41) is 29.3. The third kappa shape index (κ3) is 4.82. The van der Waals surface area contributed by atoms with Crippen LogP contribution in [0.4, 0.5) is 0 Å². The first kappa shape index (κ1) is 26.4. The highest BCUT2D eigenvalue weighted by Gasteiger charge is 2.37. The van der Waals surface area contributed by atoms with Crippen molar-refractivity contribution in [1.29, 1.82) is 5.41 Å². The van der Waals surface area contributed by atoms with Crippen LogP contribution >= 0.6 is 0 Å². The molecule has 7 nitrogen and oxygen atoms in total. The number of hydrogen-bond donors (Lipinski definition) is 3. The number of carboxylic acids is 1. The summed E-state index contributed by atoms with van der Waals surface area (Å²) in [6, 6.07) is 8.67. The molecule has 1 atom stereocenters. The zero-order valence-corrected chi connectivity index (χ0v) is 21.9. The maximum atomic E-state index is 13.4. The van der Waals surface area contributed by atoms with Crippen LogP contribution in [-0.4, -0.2) is 46.4 Å². The van der Waals surface area contributed by atoms with E-state index in [1.165, 1.54) is 14.0 Å². The lowest BCUT2D eigenvalue weighted by molar-refractivity contribution is -0.161. The number of aromatic hydroxyl groups is 1. The minimum atomic E-state index is -1.53. The average molecular weight is 481 g/mol. The SMILES string of the molecule is COC(C)(C(=O)O)c1ccc2c(c1)C(=N)N(CC(=O)c1cc(C(C)(C)C)c(O)c(C(C)(C)C)c1)C2. The van der Waals surface area contributed by atoms with Crippen LogP contribution < -0.4 is 0 Å². The number of carboxylic acid groups (broad SMARTS) is 1. The molecule has 7 heteroatoms. The van der Waals surface area contributed by atoms with Crippen LogP contribution in [0.1, 0.15) is 86.6 Å². The number of aliphatic carboxylic acids is 1. The highest BCUT2D eigenvalue weighted by Crippen LogP contribution is 2.40. The number of carbonyl (C=O) groups excluding carboxylic acids is 1. The number of nitrogens with zero attached hydrogens (tertiary/aromatic N) is 1. The highest BCUT2D eigenvalue weighted by atomic mass is 16.5. The Balaban J connectivity index is 1.93. The van der Waals surface area contributed by atoms with E-state index in [0.717, 1.165) is 5.56 Å². The maximum Gasteiger partial charge on any atom is 0.340 e. The zero-order valence-electron chi connectivity index (χ0n) is 21.9. The number of benzene rings is 2. The zero-order chi connectivity index (χ0) is 26.5. The topological polar surface area (TPSA) is 111 Å². The number of phenols is 1. The van der Waals surface area contributed by atoms with Gasteiger partial charge in [-0.15, -0.1) is 0 Å². The van der Waals surface area contributed by atoms with Crippen molar-refractivity contribution in [3.05, 3.63) is 63.7 Å². The molecule has 2 aromatic carbocycles. The van der Waals surface area contributed by atoms with Gasteiger partial charge in [-0.05, 0) is 47.1 Å². The minimum Gasteiger partial charge on any atom is -0.507 e. The van der Waals surface area contributed by atoms with Crippen LogP contribution in [0.15, 0.2) is 30.3 Å². The van der Waals surface area contributed by atoms with Gasteiger partial charge < -0.3 is 19.8 Å². The predicted molar refractivity (Wildman–Crippen MR) is 136 cm³/mol. The molecule has 0 fully saturated rings. The largest absolute Gasteiger partial charge is 0.507 e. The average Bonchev–Trinajstić information content (AvgIpc) is 3.06. The standard InChI is InChI=1S/C28H36N2O5/c1-26(2,3)20-11-17(12-21(23(20)32)27(4,5)6)22(31)15-30-14-16-9-10-18(13-19(16)24(30)29)28(7,35-8)25(33)34/h9-13,29,32H,14-15H2,1-8H3,(H,33,34). The van der Waals surface area contributed by atoms with E-state index in [1.54, 1.807) is 35.2 Å². The van der Waals surface area contributed by atoms with Gasteiger partial charge in [0.2, 0.25) is 0 Å². The lowest BCUT2D eigenvalue weighted by Crippen LogP contribution is -2.34. The molecule has 1 aliphatic rings. The molecular formula is C28H36N2O5. The summed E-state index contributed by atoms with van der Waals surface area (Å²) in [6.45, 7) is 13.8. The van der Waals surface area contributed by atoms with E-state index in [1.807, 2.05) is 41.5 Å². The number of amidine groups is 1. The molecule has 1 heterocycles. The van der Waals surface area contributed by atoms with Gasteiger partial charge in [-0.3, -0.25) is 10.2 Å². The van der Waals surface area contributed by atoms with Crippen molar-refractivity contribution >= 4 is 17.6 Å². The van der Waals surface area contributed by atoms with Crippen molar-refractivity contribution in [2.24, 2.45) is 0 Å². The number of methoxy groups -OCH3 is 1. The van der Waals surface area contributed by atoms with E-state index in [2.05, 4.69) is 0 Å². The molecule has 35 heavy (non-hydrogen) atoms. The minimum absolute atomic E-state index is 0.00125. The molecule has 3 N–H and O–H groups in total. The molecule has 2 aromatic rings. The first-order valence-electron chi connectivity index (χ1n) is 11.7. The molecule has 0 saturated carbocycles. The summed E-state index contributed by atoms with van der Waals surface area (Å²) >= 11 is 0. The number of phenolic OH excluding ortho intramolecular Hbond substituents is 1. The second kappa shape index (κ2) is 8.79. The van der Waals surface area contributed by atoms with Gasteiger partial charge in [-0.2, -0.15) is 0 Å². The lowest BCUT2D eigenvalue weighted by atomic mass is 9.78. The van der Waals surface area contributed by atoms with Crippen molar-refractivity contribution < 1.29 is 24.5 Å². The summed E-state index contributed by atoms with van der Waals surface area (Å²) < 4.78 is 5.26. The monoisotopic (exact) mass is 480 g/mol. The fraction of sp³-hybridized carbons (Fsp3) is 0.464. The molecule has 1 aliphatic heterocycles. The Hall–Kier alpha value is -3.19. The van der Waals surface area contributed by atoms with Crippen LogP contribution in [0.3, 0.4) is 0 Å². The van der Waals surface area contributed by atoms with Gasteiger partial charge in [-0.25, -0.2) is 4.79 Å². The third-order valence-electron chi connectivity index (χ3n) is 6.79. The Morgan fingerprint density at radius 2 is 1.54 bits per heavy atom. The Bertz CT molecular complexity index is 1170. The third-order valence-corrected chi connectivity index (χ3v) is 6.79. The van der Waals surface area contributed by atoms with E-state index in [9.17, 15) is 19.8 Å². The fourth-order valence-electron chi connectivity index (χ4n) is 4.35. The fourth-order valence-corrected chi connectivity index (χ4v) is 4.35. The van der Waals surface area contributed by atoms with Gasteiger partial charge in [-0.1, -0.05) is 53.7 Å². The molecular weight excluding hydrogens is 444 g/mol. The normalized spacial score (nSPS) is 15.7. The number of ketones is 1. The molecule has 0 spiro atoms. The van der Waals surface area contributed by atoms with Gasteiger partial charge in [0.25, 0.3) is 0 Å². The van der Waals surface area contributed by atoms with Crippen LogP contribution in [0.5, 0.6) is 5.75 Å². The molecule has 0 radical (unpaired) electrons. The number of ether oxygens (including phenoxy) is 1. The number of rotatable bonds is 6. The molecule has 0 saturated heterocycles. The van der Waals surface area contributed by atoms with E-state index >= 15 is 0 Å². The van der Waals surface area contributed by atoms with Gasteiger partial charge in [0.1, 0.15) is 11.6 Å². The van der Waals surface area contributed by atoms with Gasteiger partial charge in [0.15, 0.2) is 11.4 Å². The van der Waals surface area contributed by atoms with Crippen LogP contribution in [0, 0.1) is 5.41 Å². The highest BCUT2D eigenvalue weighted by molar-refractivity contribution is 6.05. The van der Waals surface area contributed by atoms with Crippen LogP contribution in [0.2, 0.25) is 0 Å². The van der Waals surface area contributed by atoms with Gasteiger partial charge in [0.05, 0.1) is 6.54 Å². The van der Waals surface area contributed by atoms with Crippen LogP contribution in [-0.2, 0) is 32.5 Å². The Labute approximate surface area is 207 Å².